The molecule has 2 atom stereocenters. The molecule has 0 aliphatic carbocycles. The Bertz CT molecular complexity index is 484. The third kappa shape index (κ3) is 4.37. The van der Waals surface area contributed by atoms with Gasteiger partial charge in [-0.05, 0) is 37.6 Å². The van der Waals surface area contributed by atoms with Crippen molar-refractivity contribution in [1.82, 2.24) is 0 Å². The van der Waals surface area contributed by atoms with Crippen LogP contribution in [0.25, 0.3) is 0 Å². The SMILES string of the molecule is CC(=O)Nc1ccc(NC(=O)C(C)C(C)N)cc1C. The van der Waals surface area contributed by atoms with E-state index in [1.54, 1.807) is 26.0 Å². The van der Waals surface area contributed by atoms with Crippen LogP contribution in [-0.4, -0.2) is 17.9 Å². The monoisotopic (exact) mass is 263 g/mol. The van der Waals surface area contributed by atoms with E-state index in [-0.39, 0.29) is 23.8 Å². The van der Waals surface area contributed by atoms with Crippen LogP contribution in [0.3, 0.4) is 0 Å². The quantitative estimate of drug-likeness (QED) is 0.775. The van der Waals surface area contributed by atoms with Gasteiger partial charge in [0.05, 0.1) is 5.92 Å². The highest BCUT2D eigenvalue weighted by molar-refractivity contribution is 5.94. The molecule has 0 aromatic heterocycles. The third-order valence-corrected chi connectivity index (χ3v) is 3.01. The van der Waals surface area contributed by atoms with Crippen LogP contribution in [0.2, 0.25) is 0 Å². The molecule has 4 N–H and O–H groups in total. The average molecular weight is 263 g/mol. The van der Waals surface area contributed by atoms with Crippen LogP contribution in [0.5, 0.6) is 0 Å². The molecule has 0 bridgehead atoms. The first-order valence-electron chi connectivity index (χ1n) is 6.26. The van der Waals surface area contributed by atoms with Crippen LogP contribution in [0.4, 0.5) is 11.4 Å². The Morgan fingerprint density at radius 3 is 2.32 bits per heavy atom. The smallest absolute Gasteiger partial charge is 0.228 e. The van der Waals surface area contributed by atoms with Crippen LogP contribution in [0, 0.1) is 12.8 Å². The van der Waals surface area contributed by atoms with Gasteiger partial charge in [-0.1, -0.05) is 6.92 Å². The van der Waals surface area contributed by atoms with Crippen molar-refractivity contribution in [1.29, 1.82) is 0 Å². The topological polar surface area (TPSA) is 84.2 Å². The molecule has 1 aromatic rings. The molecule has 1 rings (SSSR count). The molecule has 5 heteroatoms. The number of nitrogens with two attached hydrogens (primary N) is 1. The lowest BCUT2D eigenvalue weighted by Gasteiger charge is -2.16. The van der Waals surface area contributed by atoms with Gasteiger partial charge >= 0.3 is 0 Å². The standard InChI is InChI=1S/C14H21N3O2/c1-8-7-12(5-6-13(8)16-11(4)18)17-14(19)9(2)10(3)15/h5-7,9-10H,15H2,1-4H3,(H,16,18)(H,17,19). The van der Waals surface area contributed by atoms with Crippen LogP contribution in [0.15, 0.2) is 18.2 Å². The zero-order valence-electron chi connectivity index (χ0n) is 11.8. The normalized spacial score (nSPS) is 13.5. The molecule has 19 heavy (non-hydrogen) atoms. The van der Waals surface area contributed by atoms with E-state index in [1.807, 2.05) is 13.0 Å². The number of rotatable bonds is 4. The van der Waals surface area contributed by atoms with Gasteiger partial charge < -0.3 is 16.4 Å². The highest BCUT2D eigenvalue weighted by Gasteiger charge is 2.17. The lowest BCUT2D eigenvalue weighted by Crippen LogP contribution is -2.34. The van der Waals surface area contributed by atoms with Gasteiger partial charge in [-0.25, -0.2) is 0 Å². The number of nitrogens with one attached hydrogen (secondary N) is 2. The van der Waals surface area contributed by atoms with Crippen LogP contribution in [0.1, 0.15) is 26.3 Å². The highest BCUT2D eigenvalue weighted by Crippen LogP contribution is 2.20. The second-order valence-electron chi connectivity index (χ2n) is 4.85. The summed E-state index contributed by atoms with van der Waals surface area (Å²) in [5.74, 6) is -0.484. The second-order valence-corrected chi connectivity index (χ2v) is 4.85. The predicted molar refractivity (Wildman–Crippen MR) is 76.9 cm³/mol. The maximum Gasteiger partial charge on any atom is 0.228 e. The molecule has 0 radical (unpaired) electrons. The molecular formula is C14H21N3O2. The number of carbonyl (C=O) groups is 2. The molecule has 0 spiro atoms. The molecule has 1 aromatic carbocycles. The zero-order valence-corrected chi connectivity index (χ0v) is 11.8. The average Bonchev–Trinajstić information content (AvgIpc) is 2.31. The van der Waals surface area contributed by atoms with Gasteiger partial charge in [-0.3, -0.25) is 9.59 Å². The van der Waals surface area contributed by atoms with E-state index in [1.165, 1.54) is 6.92 Å². The second kappa shape index (κ2) is 6.33. The van der Waals surface area contributed by atoms with Crippen molar-refractivity contribution in [2.75, 3.05) is 10.6 Å². The summed E-state index contributed by atoms with van der Waals surface area (Å²) in [6, 6.07) is 5.14. The molecule has 0 aliphatic rings. The summed E-state index contributed by atoms with van der Waals surface area (Å²) in [5, 5.41) is 5.54. The minimum Gasteiger partial charge on any atom is -0.327 e. The zero-order chi connectivity index (χ0) is 14.6. The van der Waals surface area contributed by atoms with Crippen LogP contribution < -0.4 is 16.4 Å². The highest BCUT2D eigenvalue weighted by atomic mass is 16.2. The molecule has 0 aliphatic heterocycles. The predicted octanol–water partition coefficient (Wildman–Crippen LogP) is 1.88. The summed E-state index contributed by atoms with van der Waals surface area (Å²) in [5.41, 5.74) is 8.02. The first-order valence-corrected chi connectivity index (χ1v) is 6.26. The van der Waals surface area contributed by atoms with Crippen LogP contribution in [-0.2, 0) is 9.59 Å². The van der Waals surface area contributed by atoms with Gasteiger partial charge in [0.15, 0.2) is 0 Å². The number of aryl methyl sites for hydroxylation is 1. The third-order valence-electron chi connectivity index (χ3n) is 3.01. The molecule has 5 nitrogen and oxygen atoms in total. The Morgan fingerprint density at radius 2 is 1.84 bits per heavy atom. The summed E-state index contributed by atoms with van der Waals surface area (Å²) in [6.07, 6.45) is 0. The summed E-state index contributed by atoms with van der Waals surface area (Å²) < 4.78 is 0. The van der Waals surface area contributed by atoms with E-state index in [2.05, 4.69) is 10.6 Å². The Hall–Kier alpha value is -1.88. The molecule has 0 fully saturated rings. The van der Waals surface area contributed by atoms with Crippen molar-refractivity contribution in [2.24, 2.45) is 11.7 Å². The number of carbonyl (C=O) groups excluding carboxylic acids is 2. The summed E-state index contributed by atoms with van der Waals surface area (Å²) in [4.78, 5) is 22.9. The fraction of sp³-hybridized carbons (Fsp3) is 0.429. The van der Waals surface area contributed by atoms with Gasteiger partial charge in [-0.15, -0.1) is 0 Å². The van der Waals surface area contributed by atoms with E-state index in [9.17, 15) is 9.59 Å². The molecule has 2 unspecified atom stereocenters. The first-order chi connectivity index (χ1) is 8.81. The van der Waals surface area contributed by atoms with Gasteiger partial charge in [0.1, 0.15) is 0 Å². The lowest BCUT2D eigenvalue weighted by atomic mass is 10.0. The lowest BCUT2D eigenvalue weighted by molar-refractivity contribution is -0.119. The number of anilines is 2. The minimum absolute atomic E-state index is 0.110. The van der Waals surface area contributed by atoms with Gasteiger partial charge in [0.25, 0.3) is 0 Å². The van der Waals surface area contributed by atoms with E-state index >= 15 is 0 Å². The Morgan fingerprint density at radius 1 is 1.21 bits per heavy atom. The van der Waals surface area contributed by atoms with Crippen molar-refractivity contribution < 1.29 is 9.59 Å². The van der Waals surface area contributed by atoms with Gasteiger partial charge in [0, 0.05) is 24.3 Å². The Labute approximate surface area is 113 Å². The number of benzene rings is 1. The fourth-order valence-electron chi connectivity index (χ4n) is 1.57. The van der Waals surface area contributed by atoms with Crippen molar-refractivity contribution in [3.05, 3.63) is 23.8 Å². The summed E-state index contributed by atoms with van der Waals surface area (Å²) in [6.45, 7) is 6.92. The number of hydrogen-bond donors (Lipinski definition) is 3. The largest absolute Gasteiger partial charge is 0.327 e. The molecule has 2 amide bonds. The maximum absolute atomic E-state index is 11.9. The van der Waals surface area contributed by atoms with E-state index in [0.29, 0.717) is 5.69 Å². The van der Waals surface area contributed by atoms with Gasteiger partial charge in [-0.2, -0.15) is 0 Å². The van der Waals surface area contributed by atoms with Gasteiger partial charge in [0.2, 0.25) is 11.8 Å². The summed E-state index contributed by atoms with van der Waals surface area (Å²) >= 11 is 0. The maximum atomic E-state index is 11.9. The van der Waals surface area contributed by atoms with Crippen molar-refractivity contribution in [3.63, 3.8) is 0 Å². The number of hydrogen-bond acceptors (Lipinski definition) is 3. The van der Waals surface area contributed by atoms with Crippen molar-refractivity contribution in [3.8, 4) is 0 Å². The Kier molecular flexibility index (Phi) is 5.06. The molecule has 104 valence electrons. The van der Waals surface area contributed by atoms with Crippen molar-refractivity contribution in [2.45, 2.75) is 33.7 Å². The molecule has 0 saturated carbocycles. The Balaban J connectivity index is 2.79. The molecule has 0 heterocycles. The fourth-order valence-corrected chi connectivity index (χ4v) is 1.57. The van der Waals surface area contributed by atoms with E-state index in [0.717, 1.165) is 11.3 Å². The van der Waals surface area contributed by atoms with E-state index in [4.69, 9.17) is 5.73 Å². The van der Waals surface area contributed by atoms with E-state index < -0.39 is 0 Å². The molecule has 0 saturated heterocycles. The first kappa shape index (κ1) is 15.2. The minimum atomic E-state index is -0.254. The van der Waals surface area contributed by atoms with Crippen LogP contribution >= 0.6 is 0 Å². The van der Waals surface area contributed by atoms with Crippen molar-refractivity contribution >= 4 is 23.2 Å². The molecular weight excluding hydrogens is 242 g/mol. The summed E-state index contributed by atoms with van der Waals surface area (Å²) in [7, 11) is 0. The number of amides is 2.